The van der Waals surface area contributed by atoms with Crippen molar-refractivity contribution < 1.29 is 24.7 Å². The topological polar surface area (TPSA) is 55.4 Å². The molecular weight excluding hydrogens is 625 g/mol. The fourth-order valence-corrected chi connectivity index (χ4v) is 33.2. The first-order valence-electron chi connectivity index (χ1n) is 14.2. The van der Waals surface area contributed by atoms with E-state index in [9.17, 15) is 0 Å². The van der Waals surface area contributed by atoms with Gasteiger partial charge in [0.1, 0.15) is 0 Å². The molecular formula is C23H62O6Si9. The van der Waals surface area contributed by atoms with Crippen molar-refractivity contribution in [3.8, 4) is 0 Å². The van der Waals surface area contributed by atoms with Crippen molar-refractivity contribution in [2.45, 2.75) is 111 Å². The van der Waals surface area contributed by atoms with Crippen LogP contribution in [-0.2, 0) is 24.7 Å². The summed E-state index contributed by atoms with van der Waals surface area (Å²) in [6.07, 6.45) is 0. The Hall–Kier alpha value is 0.932. The zero-order valence-electron chi connectivity index (χ0n) is 27.8. The van der Waals surface area contributed by atoms with E-state index in [0.29, 0.717) is 0 Å². The molecule has 38 heavy (non-hydrogen) atoms. The molecule has 0 aliphatic rings. The lowest BCUT2D eigenvalue weighted by Gasteiger charge is -2.37. The summed E-state index contributed by atoms with van der Waals surface area (Å²) < 4.78 is 36.3. The zero-order valence-corrected chi connectivity index (χ0v) is 37.7. The fraction of sp³-hybridized carbons (Fsp3) is 0.739. The second kappa shape index (κ2) is 19.9. The summed E-state index contributed by atoms with van der Waals surface area (Å²) in [6.45, 7) is 37.2. The maximum atomic E-state index is 6.54. The van der Waals surface area contributed by atoms with Crippen molar-refractivity contribution in [2.24, 2.45) is 0 Å². The van der Waals surface area contributed by atoms with Gasteiger partial charge < -0.3 is 24.7 Å². The Morgan fingerprint density at radius 3 is 1.08 bits per heavy atom. The Kier molecular flexibility index (Phi) is 21.6. The maximum absolute atomic E-state index is 6.54. The summed E-state index contributed by atoms with van der Waals surface area (Å²) in [5.41, 5.74) is 0. The van der Waals surface area contributed by atoms with Crippen LogP contribution < -0.4 is 5.19 Å². The minimum absolute atomic E-state index is 0.667. The second-order valence-electron chi connectivity index (χ2n) is 12.1. The fourth-order valence-electron chi connectivity index (χ4n) is 4.11. The van der Waals surface area contributed by atoms with Gasteiger partial charge in [-0.1, -0.05) is 30.3 Å². The first-order valence-corrected chi connectivity index (χ1v) is 38.9. The Labute approximate surface area is 250 Å². The lowest BCUT2D eigenvalue weighted by molar-refractivity contribution is 0.346. The van der Waals surface area contributed by atoms with E-state index in [1.807, 2.05) is 6.07 Å². The van der Waals surface area contributed by atoms with Crippen LogP contribution in [0.4, 0.5) is 0 Å². The molecule has 0 N–H and O–H groups in total. The third-order valence-electron chi connectivity index (χ3n) is 4.30. The Balaban J connectivity index is 0. The molecule has 0 saturated heterocycles. The molecule has 0 aliphatic heterocycles. The summed E-state index contributed by atoms with van der Waals surface area (Å²) in [5, 5.41) is 1.20. The number of rotatable bonds is 13. The molecule has 1 unspecified atom stereocenters. The molecule has 226 valence electrons. The van der Waals surface area contributed by atoms with Crippen molar-refractivity contribution >= 4 is 85.1 Å². The molecule has 1 rings (SSSR count). The summed E-state index contributed by atoms with van der Waals surface area (Å²) >= 11 is 0. The average molecular weight is 688 g/mol. The van der Waals surface area contributed by atoms with Gasteiger partial charge in [0.15, 0.2) is 54.2 Å². The monoisotopic (exact) mass is 686 g/mol. The zero-order chi connectivity index (χ0) is 30.3. The minimum atomic E-state index is -2.37. The van der Waals surface area contributed by atoms with Crippen molar-refractivity contribution in [2.75, 3.05) is 0 Å². The Morgan fingerprint density at radius 1 is 0.447 bits per heavy atom. The van der Waals surface area contributed by atoms with Crippen LogP contribution in [-0.4, -0.2) is 79.9 Å². The highest BCUT2D eigenvalue weighted by Crippen LogP contribution is 2.19. The van der Waals surface area contributed by atoms with Crippen LogP contribution in [0.3, 0.4) is 0 Å². The molecule has 0 heterocycles. The molecule has 1 aromatic carbocycles. The molecule has 0 amide bonds. The van der Waals surface area contributed by atoms with E-state index in [1.165, 1.54) is 5.19 Å². The molecule has 0 aromatic heterocycles. The van der Waals surface area contributed by atoms with Gasteiger partial charge in [-0.15, -0.1) is 0 Å². The largest absolute Gasteiger partial charge is 0.461 e. The van der Waals surface area contributed by atoms with E-state index in [-0.39, 0.29) is 0 Å². The molecule has 15 heteroatoms. The smallest absolute Gasteiger partial charge is 0.350 e. The highest BCUT2D eigenvalue weighted by molar-refractivity contribution is 6.91. The quantitative estimate of drug-likeness (QED) is 0.261. The van der Waals surface area contributed by atoms with Gasteiger partial charge in [0.2, 0.25) is 0 Å². The van der Waals surface area contributed by atoms with Crippen LogP contribution in [0.5, 0.6) is 0 Å². The van der Waals surface area contributed by atoms with E-state index in [2.05, 4.69) is 136 Å². The minimum Gasteiger partial charge on any atom is -0.461 e. The van der Waals surface area contributed by atoms with Crippen molar-refractivity contribution in [1.82, 2.24) is 0 Å². The van der Waals surface area contributed by atoms with Crippen molar-refractivity contribution in [1.29, 1.82) is 0 Å². The standard InChI is InChI=1S/C13H28O3Si4.C6H20O2Si3.C4H14OSi2/c1-17(2)14-19(5,6)16-20(7,15-18(3)4)13-11-9-8-10-12-13;1-9(2)7-11(5,6)8-10(3)4;1-6(2)5-7(3)4/h8-12,17-18H,1-7H3;9-10H,1-6H3;6-7H,1-4H3. The lowest BCUT2D eigenvalue weighted by Crippen LogP contribution is -2.60. The summed E-state index contributed by atoms with van der Waals surface area (Å²) in [6, 6.07) is 10.4. The Bertz CT molecular complexity index is 705. The van der Waals surface area contributed by atoms with Crippen LogP contribution in [0.1, 0.15) is 0 Å². The van der Waals surface area contributed by atoms with Gasteiger partial charge in [-0.2, -0.15) is 0 Å². The molecule has 0 radical (unpaired) electrons. The molecule has 0 spiro atoms. The molecule has 0 aliphatic carbocycles. The predicted octanol–water partition coefficient (Wildman–Crippen LogP) is 5.34. The van der Waals surface area contributed by atoms with Gasteiger partial charge in [-0.25, -0.2) is 0 Å². The highest BCUT2D eigenvalue weighted by atomic mass is 28.5. The Morgan fingerprint density at radius 2 is 0.789 bits per heavy atom. The van der Waals surface area contributed by atoms with Crippen LogP contribution in [0.15, 0.2) is 30.3 Å². The van der Waals surface area contributed by atoms with Gasteiger partial charge in [-0.05, 0) is 116 Å². The highest BCUT2D eigenvalue weighted by Gasteiger charge is 2.42. The molecule has 0 bridgehead atoms. The first-order chi connectivity index (χ1) is 17.1. The third kappa shape index (κ3) is 23.6. The van der Waals surface area contributed by atoms with Crippen LogP contribution in [0.2, 0.25) is 111 Å². The second-order valence-corrected chi connectivity index (χ2v) is 38.4. The van der Waals surface area contributed by atoms with Crippen LogP contribution >= 0.6 is 0 Å². The summed E-state index contributed by atoms with van der Waals surface area (Å²) in [4.78, 5) is 0. The van der Waals surface area contributed by atoms with E-state index in [1.54, 1.807) is 0 Å². The maximum Gasteiger partial charge on any atom is 0.350 e. The van der Waals surface area contributed by atoms with Crippen LogP contribution in [0, 0.1) is 0 Å². The molecule has 1 aromatic rings. The summed E-state index contributed by atoms with van der Waals surface area (Å²) in [5.74, 6) is 0. The number of hydrogen-bond donors (Lipinski definition) is 0. The molecule has 6 nitrogen and oxygen atoms in total. The van der Waals surface area contributed by atoms with Gasteiger partial charge >= 0.3 is 25.7 Å². The molecule has 0 fully saturated rings. The van der Waals surface area contributed by atoms with E-state index in [0.717, 1.165) is 0 Å². The third-order valence-corrected chi connectivity index (χ3v) is 29.7. The van der Waals surface area contributed by atoms with E-state index < -0.39 is 79.9 Å². The predicted molar refractivity (Wildman–Crippen MR) is 192 cm³/mol. The SMILES string of the molecule is C[SiH](C)O[SiH](C)C.C[SiH](C)O[Si](C)(C)O[SiH](C)C.C[SiH](C)O[Si](C)(C)O[Si](C)(O[SiH](C)C)c1ccccc1. The van der Waals surface area contributed by atoms with E-state index >= 15 is 0 Å². The van der Waals surface area contributed by atoms with Gasteiger partial charge in [0.25, 0.3) is 0 Å². The van der Waals surface area contributed by atoms with Crippen molar-refractivity contribution in [3.05, 3.63) is 30.3 Å². The number of hydrogen-bond acceptors (Lipinski definition) is 6. The van der Waals surface area contributed by atoms with Gasteiger partial charge in [0.05, 0.1) is 0 Å². The molecule has 0 saturated carbocycles. The van der Waals surface area contributed by atoms with Gasteiger partial charge in [0, 0.05) is 0 Å². The van der Waals surface area contributed by atoms with Crippen LogP contribution in [0.25, 0.3) is 0 Å². The van der Waals surface area contributed by atoms with E-state index in [4.69, 9.17) is 24.7 Å². The first kappa shape index (κ1) is 41.1. The van der Waals surface area contributed by atoms with Crippen molar-refractivity contribution in [3.63, 3.8) is 0 Å². The van der Waals surface area contributed by atoms with Gasteiger partial charge in [-0.3, -0.25) is 0 Å². The number of benzene rings is 1. The normalized spacial score (nSPS) is 14.1. The summed E-state index contributed by atoms with van der Waals surface area (Å²) in [7, 11) is -11.6. The lowest BCUT2D eigenvalue weighted by atomic mass is 10.4. The average Bonchev–Trinajstić information content (AvgIpc) is 2.64. The molecule has 1 atom stereocenters.